The smallest absolute Gasteiger partial charge is 0.341 e. The third-order valence-corrected chi connectivity index (χ3v) is 8.62. The average Bonchev–Trinajstić information content (AvgIpc) is 3.48. The fourth-order valence-corrected chi connectivity index (χ4v) is 6.65. The highest BCUT2D eigenvalue weighted by Gasteiger charge is 2.29. The molecule has 0 radical (unpaired) electrons. The number of hydrogen-bond donors (Lipinski definition) is 1. The molecule has 0 spiro atoms. The van der Waals surface area contributed by atoms with Crippen LogP contribution in [0.4, 0.5) is 5.00 Å². The molecular weight excluding hydrogens is 532 g/mol. The first-order valence-electron chi connectivity index (χ1n) is 13.5. The van der Waals surface area contributed by atoms with Crippen molar-refractivity contribution in [2.75, 3.05) is 24.3 Å². The molecule has 1 N–H and O–H groups in total. The average molecular weight is 569 g/mol. The van der Waals surface area contributed by atoms with E-state index in [1.807, 2.05) is 28.8 Å². The van der Waals surface area contributed by atoms with E-state index in [-0.39, 0.29) is 17.6 Å². The molecule has 2 aromatic heterocycles. The first-order chi connectivity index (χ1) is 18.9. The minimum atomic E-state index is -0.371. The van der Waals surface area contributed by atoms with Gasteiger partial charge in [-0.25, -0.2) is 4.79 Å². The molecule has 208 valence electrons. The second-order valence-electron chi connectivity index (χ2n) is 9.55. The number of hydrogen-bond acceptors (Lipinski definition) is 8. The largest absolute Gasteiger partial charge is 0.494 e. The van der Waals surface area contributed by atoms with Gasteiger partial charge >= 0.3 is 5.97 Å². The normalized spacial score (nSPS) is 14.5. The quantitative estimate of drug-likeness (QED) is 0.110. The van der Waals surface area contributed by atoms with Crippen LogP contribution in [0, 0.1) is 5.92 Å². The van der Waals surface area contributed by atoms with Crippen molar-refractivity contribution in [1.82, 2.24) is 14.8 Å². The van der Waals surface area contributed by atoms with E-state index >= 15 is 0 Å². The van der Waals surface area contributed by atoms with Crippen LogP contribution in [-0.4, -0.2) is 45.6 Å². The van der Waals surface area contributed by atoms with Crippen molar-refractivity contribution in [2.24, 2.45) is 5.92 Å². The fraction of sp³-hybridized carbons (Fsp3) is 0.448. The number of carbonyl (C=O) groups excluding carboxylic acids is 2. The zero-order valence-corrected chi connectivity index (χ0v) is 24.5. The lowest BCUT2D eigenvalue weighted by molar-refractivity contribution is -0.113. The van der Waals surface area contributed by atoms with E-state index in [4.69, 9.17) is 9.47 Å². The van der Waals surface area contributed by atoms with Gasteiger partial charge in [-0.15, -0.1) is 28.1 Å². The minimum absolute atomic E-state index is 0.126. The van der Waals surface area contributed by atoms with Crippen molar-refractivity contribution in [3.8, 4) is 17.1 Å². The Morgan fingerprint density at radius 1 is 1.26 bits per heavy atom. The van der Waals surface area contributed by atoms with E-state index in [9.17, 15) is 9.59 Å². The van der Waals surface area contributed by atoms with Gasteiger partial charge in [0.05, 0.1) is 24.5 Å². The molecule has 0 saturated heterocycles. The molecule has 0 aliphatic heterocycles. The van der Waals surface area contributed by atoms with Gasteiger partial charge in [-0.1, -0.05) is 38.1 Å². The molecule has 1 amide bonds. The molecule has 4 rings (SSSR count). The molecule has 1 aliphatic carbocycles. The number of allylic oxidation sites excluding steroid dienone is 1. The SMILES string of the molecule is C=CCn1c(SCC(=O)Nc2sc3c(c2C(=O)OCC)CCC(C)C3)nnc1-c1ccc(OCCCC)cc1. The number of thiophene rings is 1. The van der Waals surface area contributed by atoms with Crippen LogP contribution in [0.15, 0.2) is 42.1 Å². The first kappa shape index (κ1) is 28.9. The maximum Gasteiger partial charge on any atom is 0.341 e. The molecule has 0 bridgehead atoms. The Labute approximate surface area is 238 Å². The lowest BCUT2D eigenvalue weighted by Gasteiger charge is -2.18. The number of thioether (sulfide) groups is 1. The summed E-state index contributed by atoms with van der Waals surface area (Å²) < 4.78 is 13.0. The standard InChI is InChI=1S/C29H36N4O4S2/c1-5-8-16-37-21-12-10-20(11-13-21)26-31-32-29(33(26)15-6-2)38-18-24(34)30-27-25(28(35)36-7-3)22-14-9-19(4)17-23(22)39-27/h6,10-13,19H,2,5,7-9,14-18H2,1,3-4H3,(H,30,34). The summed E-state index contributed by atoms with van der Waals surface area (Å²) in [6, 6.07) is 7.78. The molecule has 0 fully saturated rings. The van der Waals surface area contributed by atoms with Gasteiger partial charge in [0.2, 0.25) is 5.91 Å². The Morgan fingerprint density at radius 2 is 2.05 bits per heavy atom. The number of aromatic nitrogens is 3. The van der Waals surface area contributed by atoms with Crippen LogP contribution >= 0.6 is 23.1 Å². The summed E-state index contributed by atoms with van der Waals surface area (Å²) in [5.41, 5.74) is 2.44. The van der Waals surface area contributed by atoms with E-state index in [2.05, 4.69) is 35.9 Å². The van der Waals surface area contributed by atoms with Gasteiger partial charge in [0.25, 0.3) is 0 Å². The summed E-state index contributed by atoms with van der Waals surface area (Å²) in [6.45, 7) is 11.5. The number of nitrogens with one attached hydrogen (secondary N) is 1. The van der Waals surface area contributed by atoms with Crippen LogP contribution in [0.5, 0.6) is 5.75 Å². The minimum Gasteiger partial charge on any atom is -0.494 e. The van der Waals surface area contributed by atoms with Gasteiger partial charge in [-0.2, -0.15) is 0 Å². The Hall–Kier alpha value is -3.11. The third kappa shape index (κ3) is 7.10. The molecular formula is C29H36N4O4S2. The number of anilines is 1. The molecule has 1 unspecified atom stereocenters. The number of esters is 1. The Morgan fingerprint density at radius 3 is 2.77 bits per heavy atom. The predicted molar refractivity (Wildman–Crippen MR) is 157 cm³/mol. The topological polar surface area (TPSA) is 95.3 Å². The number of carbonyl (C=O) groups is 2. The maximum atomic E-state index is 13.0. The summed E-state index contributed by atoms with van der Waals surface area (Å²) in [5.74, 6) is 1.62. The number of benzene rings is 1. The number of amides is 1. The summed E-state index contributed by atoms with van der Waals surface area (Å²) in [5, 5.41) is 12.9. The Balaban J connectivity index is 1.46. The third-order valence-electron chi connectivity index (χ3n) is 6.48. The van der Waals surface area contributed by atoms with E-state index in [1.54, 1.807) is 13.0 Å². The van der Waals surface area contributed by atoms with Crippen LogP contribution in [0.1, 0.15) is 60.8 Å². The van der Waals surface area contributed by atoms with Crippen molar-refractivity contribution in [1.29, 1.82) is 0 Å². The highest BCUT2D eigenvalue weighted by Crippen LogP contribution is 2.40. The number of ether oxygens (including phenoxy) is 2. The molecule has 0 saturated carbocycles. The van der Waals surface area contributed by atoms with Crippen molar-refractivity contribution >= 4 is 40.0 Å². The van der Waals surface area contributed by atoms with Gasteiger partial charge in [-0.05, 0) is 68.4 Å². The molecule has 10 heteroatoms. The molecule has 3 aromatic rings. The fourth-order valence-electron chi connectivity index (χ4n) is 4.49. The Kier molecular flexibility index (Phi) is 10.2. The molecule has 39 heavy (non-hydrogen) atoms. The number of fused-ring (bicyclic) bond motifs is 1. The van der Waals surface area contributed by atoms with Crippen LogP contribution in [0.3, 0.4) is 0 Å². The second-order valence-corrected chi connectivity index (χ2v) is 11.6. The lowest BCUT2D eigenvalue weighted by atomic mass is 9.88. The van der Waals surface area contributed by atoms with E-state index in [1.165, 1.54) is 23.1 Å². The number of unbranched alkanes of at least 4 members (excludes halogenated alkanes) is 1. The zero-order valence-electron chi connectivity index (χ0n) is 22.8. The molecule has 8 nitrogen and oxygen atoms in total. The van der Waals surface area contributed by atoms with Crippen molar-refractivity contribution in [3.05, 3.63) is 52.9 Å². The second kappa shape index (κ2) is 13.8. The molecule has 1 aliphatic rings. The summed E-state index contributed by atoms with van der Waals surface area (Å²) in [7, 11) is 0. The summed E-state index contributed by atoms with van der Waals surface area (Å²) in [4.78, 5) is 27.0. The van der Waals surface area contributed by atoms with Crippen molar-refractivity contribution in [3.63, 3.8) is 0 Å². The lowest BCUT2D eigenvalue weighted by Crippen LogP contribution is -2.18. The van der Waals surface area contributed by atoms with E-state index < -0.39 is 0 Å². The molecule has 2 heterocycles. The van der Waals surface area contributed by atoms with Gasteiger partial charge in [-0.3, -0.25) is 9.36 Å². The summed E-state index contributed by atoms with van der Waals surface area (Å²) in [6.07, 6.45) is 6.64. The van der Waals surface area contributed by atoms with Crippen LogP contribution in [0.2, 0.25) is 0 Å². The van der Waals surface area contributed by atoms with Crippen LogP contribution < -0.4 is 10.1 Å². The Bertz CT molecular complexity index is 1300. The monoisotopic (exact) mass is 568 g/mol. The van der Waals surface area contributed by atoms with Crippen LogP contribution in [0.25, 0.3) is 11.4 Å². The van der Waals surface area contributed by atoms with E-state index in [0.29, 0.717) is 47.2 Å². The van der Waals surface area contributed by atoms with Gasteiger partial charge in [0, 0.05) is 17.0 Å². The maximum absolute atomic E-state index is 13.0. The molecule has 1 atom stereocenters. The van der Waals surface area contributed by atoms with E-state index in [0.717, 1.165) is 53.9 Å². The molecule has 1 aromatic carbocycles. The zero-order chi connectivity index (χ0) is 27.8. The number of nitrogens with zero attached hydrogens (tertiary/aromatic N) is 3. The van der Waals surface area contributed by atoms with Gasteiger partial charge < -0.3 is 14.8 Å². The predicted octanol–water partition coefficient (Wildman–Crippen LogP) is 6.40. The van der Waals surface area contributed by atoms with Crippen molar-refractivity contribution in [2.45, 2.75) is 64.6 Å². The van der Waals surface area contributed by atoms with Gasteiger partial charge in [0.1, 0.15) is 10.8 Å². The highest BCUT2D eigenvalue weighted by atomic mass is 32.2. The summed E-state index contributed by atoms with van der Waals surface area (Å²) >= 11 is 2.79. The number of rotatable bonds is 13. The first-order valence-corrected chi connectivity index (χ1v) is 15.3. The van der Waals surface area contributed by atoms with Crippen molar-refractivity contribution < 1.29 is 19.1 Å². The van der Waals surface area contributed by atoms with Gasteiger partial charge in [0.15, 0.2) is 11.0 Å². The van der Waals surface area contributed by atoms with Crippen LogP contribution in [-0.2, 0) is 28.9 Å². The highest BCUT2D eigenvalue weighted by molar-refractivity contribution is 7.99.